The molecule has 0 bridgehead atoms. The number of carbonyl (C=O) groups excluding carboxylic acids is 1. The van der Waals surface area contributed by atoms with Crippen LogP contribution < -0.4 is 0 Å². The molecule has 1 aliphatic heterocycles. The molecule has 0 amide bonds. The van der Waals surface area contributed by atoms with Gasteiger partial charge in [-0.3, -0.25) is 4.79 Å². The number of rotatable bonds is 5. The van der Waals surface area contributed by atoms with E-state index >= 15 is 0 Å². The molecule has 0 saturated carbocycles. The Hall–Kier alpha value is -2.44. The van der Waals surface area contributed by atoms with Gasteiger partial charge in [-0.2, -0.15) is 4.31 Å². The summed E-state index contributed by atoms with van der Waals surface area (Å²) in [5.41, 5.74) is 4.10. The molecular formula is C22H24N2O3S. The number of aromatic amines is 1. The predicted molar refractivity (Wildman–Crippen MR) is 111 cm³/mol. The van der Waals surface area contributed by atoms with Gasteiger partial charge in [0.1, 0.15) is 0 Å². The molecular weight excluding hydrogens is 372 g/mol. The minimum Gasteiger partial charge on any atom is -0.354 e. The van der Waals surface area contributed by atoms with Gasteiger partial charge in [-0.1, -0.05) is 38.1 Å². The smallest absolute Gasteiger partial charge is 0.243 e. The van der Waals surface area contributed by atoms with E-state index in [1.165, 1.54) is 9.87 Å². The summed E-state index contributed by atoms with van der Waals surface area (Å²) >= 11 is 0. The molecule has 28 heavy (non-hydrogen) atoms. The number of hydrogen-bond acceptors (Lipinski definition) is 3. The molecule has 1 fully saturated rings. The molecule has 5 nitrogen and oxygen atoms in total. The quantitative estimate of drug-likeness (QED) is 0.643. The first-order valence-corrected chi connectivity index (χ1v) is 11.1. The van der Waals surface area contributed by atoms with Crippen LogP contribution in [0.5, 0.6) is 0 Å². The van der Waals surface area contributed by atoms with E-state index < -0.39 is 10.0 Å². The molecule has 1 saturated heterocycles. The third-order valence-corrected chi connectivity index (χ3v) is 7.39. The summed E-state index contributed by atoms with van der Waals surface area (Å²) < 4.78 is 27.3. The SMILES string of the molecule is CC(C)c1ccc(-c2[nH]c3ccc(S(=O)(=O)N4CCCC4)cc3c2C=O)cc1. The van der Waals surface area contributed by atoms with Crippen LogP contribution in [0.25, 0.3) is 22.2 Å². The zero-order chi connectivity index (χ0) is 19.9. The fourth-order valence-electron chi connectivity index (χ4n) is 3.81. The Labute approximate surface area is 165 Å². The van der Waals surface area contributed by atoms with Crippen molar-refractivity contribution < 1.29 is 13.2 Å². The lowest BCUT2D eigenvalue weighted by molar-refractivity contribution is 0.112. The summed E-state index contributed by atoms with van der Waals surface area (Å²) in [4.78, 5) is 15.4. The number of carbonyl (C=O) groups is 1. The lowest BCUT2D eigenvalue weighted by atomic mass is 9.99. The third-order valence-electron chi connectivity index (χ3n) is 5.50. The monoisotopic (exact) mass is 396 g/mol. The van der Waals surface area contributed by atoms with E-state index in [2.05, 4.69) is 31.0 Å². The summed E-state index contributed by atoms with van der Waals surface area (Å²) in [6.07, 6.45) is 2.58. The highest BCUT2D eigenvalue weighted by molar-refractivity contribution is 7.89. The van der Waals surface area contributed by atoms with Crippen LogP contribution in [0.3, 0.4) is 0 Å². The van der Waals surface area contributed by atoms with E-state index in [4.69, 9.17) is 0 Å². The van der Waals surface area contributed by atoms with Crippen molar-refractivity contribution in [1.29, 1.82) is 0 Å². The number of aromatic nitrogens is 1. The highest BCUT2D eigenvalue weighted by Gasteiger charge is 2.28. The Morgan fingerprint density at radius 1 is 1.04 bits per heavy atom. The average Bonchev–Trinajstić information content (AvgIpc) is 3.35. The molecule has 3 aromatic rings. The van der Waals surface area contributed by atoms with Crippen LogP contribution in [-0.2, 0) is 10.0 Å². The van der Waals surface area contributed by atoms with E-state index in [1.54, 1.807) is 18.2 Å². The maximum absolute atomic E-state index is 12.9. The number of fused-ring (bicyclic) bond motifs is 1. The highest BCUT2D eigenvalue weighted by atomic mass is 32.2. The highest BCUT2D eigenvalue weighted by Crippen LogP contribution is 2.32. The molecule has 4 rings (SSSR count). The second-order valence-corrected chi connectivity index (χ2v) is 9.56. The van der Waals surface area contributed by atoms with Crippen molar-refractivity contribution in [3.63, 3.8) is 0 Å². The Morgan fingerprint density at radius 2 is 1.71 bits per heavy atom. The van der Waals surface area contributed by atoms with Crippen molar-refractivity contribution in [3.05, 3.63) is 53.6 Å². The van der Waals surface area contributed by atoms with Crippen molar-refractivity contribution in [2.45, 2.75) is 37.5 Å². The summed E-state index contributed by atoms with van der Waals surface area (Å²) in [7, 11) is -3.52. The van der Waals surface area contributed by atoms with E-state index in [9.17, 15) is 13.2 Å². The molecule has 0 atom stereocenters. The van der Waals surface area contributed by atoms with Gasteiger partial charge in [0.2, 0.25) is 10.0 Å². The molecule has 0 radical (unpaired) electrons. The largest absolute Gasteiger partial charge is 0.354 e. The zero-order valence-electron chi connectivity index (χ0n) is 16.1. The molecule has 0 spiro atoms. The molecule has 1 aliphatic rings. The molecule has 1 N–H and O–H groups in total. The molecule has 1 aromatic heterocycles. The standard InChI is InChI=1S/C22H24N2O3S/c1-15(2)16-5-7-17(8-6-16)22-20(14-25)19-13-18(9-10-21(19)23-22)28(26,27)24-11-3-4-12-24/h5-10,13-15,23H,3-4,11-12H2,1-2H3. The number of H-pyrrole nitrogens is 1. The van der Waals surface area contributed by atoms with Crippen molar-refractivity contribution in [1.82, 2.24) is 9.29 Å². The van der Waals surface area contributed by atoms with E-state index in [-0.39, 0.29) is 4.90 Å². The number of aldehydes is 1. The van der Waals surface area contributed by atoms with Gasteiger partial charge < -0.3 is 4.98 Å². The molecule has 0 aliphatic carbocycles. The molecule has 2 aromatic carbocycles. The normalized spacial score (nSPS) is 15.5. The molecule has 0 unspecified atom stereocenters. The molecule has 2 heterocycles. The van der Waals surface area contributed by atoms with Crippen LogP contribution in [0, 0.1) is 0 Å². The van der Waals surface area contributed by atoms with Crippen molar-refractivity contribution in [3.8, 4) is 11.3 Å². The van der Waals surface area contributed by atoms with Gasteiger partial charge in [-0.15, -0.1) is 0 Å². The number of sulfonamides is 1. The van der Waals surface area contributed by atoms with Crippen molar-refractivity contribution in [2.75, 3.05) is 13.1 Å². The van der Waals surface area contributed by atoms with Crippen LogP contribution in [0.4, 0.5) is 0 Å². The first-order chi connectivity index (χ1) is 13.4. The first-order valence-electron chi connectivity index (χ1n) is 9.63. The maximum atomic E-state index is 12.9. The summed E-state index contributed by atoms with van der Waals surface area (Å²) in [5.74, 6) is 0.431. The lowest BCUT2D eigenvalue weighted by Gasteiger charge is -2.15. The summed E-state index contributed by atoms with van der Waals surface area (Å²) in [6.45, 7) is 5.39. The molecule has 146 valence electrons. The maximum Gasteiger partial charge on any atom is 0.243 e. The van der Waals surface area contributed by atoms with Crippen LogP contribution in [0.2, 0.25) is 0 Å². The number of nitrogens with one attached hydrogen (secondary N) is 1. The minimum absolute atomic E-state index is 0.241. The average molecular weight is 397 g/mol. The second kappa shape index (κ2) is 7.18. The van der Waals surface area contributed by atoms with Gasteiger partial charge in [-0.05, 0) is 48.1 Å². The van der Waals surface area contributed by atoms with Crippen LogP contribution in [-0.4, -0.2) is 37.1 Å². The van der Waals surface area contributed by atoms with Gasteiger partial charge >= 0.3 is 0 Å². The summed E-state index contributed by atoms with van der Waals surface area (Å²) in [6, 6.07) is 13.1. The van der Waals surface area contributed by atoms with Gasteiger partial charge in [0.25, 0.3) is 0 Å². The number of hydrogen-bond donors (Lipinski definition) is 1. The van der Waals surface area contributed by atoms with Crippen LogP contribution in [0.15, 0.2) is 47.4 Å². The van der Waals surface area contributed by atoms with E-state index in [0.717, 1.165) is 35.9 Å². The fourth-order valence-corrected chi connectivity index (χ4v) is 5.36. The van der Waals surface area contributed by atoms with Crippen LogP contribution in [0.1, 0.15) is 48.5 Å². The van der Waals surface area contributed by atoms with Gasteiger partial charge in [-0.25, -0.2) is 8.42 Å². The van der Waals surface area contributed by atoms with Crippen LogP contribution >= 0.6 is 0 Å². The Bertz CT molecular complexity index is 1120. The van der Waals surface area contributed by atoms with Crippen molar-refractivity contribution in [2.24, 2.45) is 0 Å². The molecule has 6 heteroatoms. The van der Waals surface area contributed by atoms with Gasteiger partial charge in [0.05, 0.1) is 10.6 Å². The third kappa shape index (κ3) is 3.16. The Kier molecular flexibility index (Phi) is 4.85. The predicted octanol–water partition coefficient (Wildman–Crippen LogP) is 4.56. The zero-order valence-corrected chi connectivity index (χ0v) is 16.9. The van der Waals surface area contributed by atoms with Gasteiger partial charge in [0.15, 0.2) is 6.29 Å². The number of nitrogens with zero attached hydrogens (tertiary/aromatic N) is 1. The number of benzene rings is 2. The topological polar surface area (TPSA) is 70.2 Å². The second-order valence-electron chi connectivity index (χ2n) is 7.63. The first kappa shape index (κ1) is 18.9. The van der Waals surface area contributed by atoms with E-state index in [1.807, 2.05) is 12.1 Å². The Morgan fingerprint density at radius 3 is 2.32 bits per heavy atom. The summed E-state index contributed by atoms with van der Waals surface area (Å²) in [5, 5.41) is 0.637. The van der Waals surface area contributed by atoms with E-state index in [0.29, 0.717) is 30.0 Å². The Balaban J connectivity index is 1.81. The van der Waals surface area contributed by atoms with Crippen molar-refractivity contribution >= 4 is 27.2 Å². The minimum atomic E-state index is -3.52. The van der Waals surface area contributed by atoms with Gasteiger partial charge in [0, 0.05) is 29.6 Å². The fraction of sp³-hybridized carbons (Fsp3) is 0.318. The lowest BCUT2D eigenvalue weighted by Crippen LogP contribution is -2.27.